The molecule has 0 aromatic heterocycles. The number of alkyl halides is 4. The Hall–Kier alpha value is 0.480. The molecule has 0 bridgehead atoms. The molecule has 0 spiro atoms. The minimum Gasteiger partial charge on any atom is -0.280 e. The molecule has 6 heteroatoms. The summed E-state index contributed by atoms with van der Waals surface area (Å²) in [5.74, 6) is 0. The highest BCUT2D eigenvalue weighted by atomic mass is 127. The molecule has 70 valence electrons. The molecule has 1 saturated carbocycles. The van der Waals surface area contributed by atoms with Crippen LogP contribution in [0.3, 0.4) is 0 Å². The Balaban J connectivity index is 2.97. The van der Waals surface area contributed by atoms with E-state index in [4.69, 9.17) is 11.6 Å². The third-order valence-electron chi connectivity index (χ3n) is 2.18. The van der Waals surface area contributed by atoms with E-state index < -0.39 is 20.8 Å². The minimum atomic E-state index is -4.50. The summed E-state index contributed by atoms with van der Waals surface area (Å²) >= 11 is 6.58. The van der Waals surface area contributed by atoms with Crippen LogP contribution >= 0.6 is 34.2 Å². The third kappa shape index (κ3) is 1.25. The number of carbonyl (C=O) groups excluding carboxylic acids is 1. The largest absolute Gasteiger partial charge is 0.403 e. The summed E-state index contributed by atoms with van der Waals surface area (Å²) in [5, 5.41) is -1.28. The van der Waals surface area contributed by atoms with Gasteiger partial charge in [0.2, 0.25) is 5.24 Å². The van der Waals surface area contributed by atoms with Crippen molar-refractivity contribution < 1.29 is 18.0 Å². The lowest BCUT2D eigenvalue weighted by Crippen LogP contribution is -2.56. The molecule has 12 heavy (non-hydrogen) atoms. The van der Waals surface area contributed by atoms with E-state index in [2.05, 4.69) is 0 Å². The van der Waals surface area contributed by atoms with Crippen molar-refractivity contribution in [2.45, 2.75) is 22.9 Å². The molecule has 2 atom stereocenters. The zero-order valence-corrected chi connectivity index (χ0v) is 8.70. The molecule has 1 aliphatic carbocycles. The van der Waals surface area contributed by atoms with E-state index in [1.54, 1.807) is 22.6 Å². The topological polar surface area (TPSA) is 17.1 Å². The first-order valence-corrected chi connectivity index (χ1v) is 4.85. The van der Waals surface area contributed by atoms with Gasteiger partial charge in [-0.05, 0) is 24.4 Å². The van der Waals surface area contributed by atoms with Crippen LogP contribution in [0, 0.1) is 5.41 Å². The van der Waals surface area contributed by atoms with Crippen LogP contribution in [0.25, 0.3) is 0 Å². The Bertz CT molecular complexity index is 217. The van der Waals surface area contributed by atoms with Crippen LogP contribution in [0.2, 0.25) is 0 Å². The van der Waals surface area contributed by atoms with Crippen molar-refractivity contribution in [3.63, 3.8) is 0 Å². The van der Waals surface area contributed by atoms with Gasteiger partial charge in [0.15, 0.2) is 5.41 Å². The molecule has 2 unspecified atom stereocenters. The van der Waals surface area contributed by atoms with Crippen LogP contribution in [0.4, 0.5) is 13.2 Å². The minimum absolute atomic E-state index is 0.174. The van der Waals surface area contributed by atoms with Gasteiger partial charge in [-0.2, -0.15) is 13.2 Å². The normalized spacial score (nSPS) is 35.9. The van der Waals surface area contributed by atoms with Crippen LogP contribution < -0.4 is 0 Å². The molecule has 0 radical (unpaired) electrons. The molecule has 0 heterocycles. The lowest BCUT2D eigenvalue weighted by molar-refractivity contribution is -0.233. The first kappa shape index (κ1) is 10.6. The predicted octanol–water partition coefficient (Wildman–Crippen LogP) is 2.90. The van der Waals surface area contributed by atoms with Gasteiger partial charge in [-0.15, -0.1) is 0 Å². The quantitative estimate of drug-likeness (QED) is 0.413. The third-order valence-corrected chi connectivity index (χ3v) is 4.21. The molecule has 0 aromatic rings. The van der Waals surface area contributed by atoms with Gasteiger partial charge in [0.05, 0.1) is 0 Å². The van der Waals surface area contributed by atoms with E-state index in [9.17, 15) is 18.0 Å². The van der Waals surface area contributed by atoms with Crippen LogP contribution in [0.1, 0.15) is 12.8 Å². The first-order valence-electron chi connectivity index (χ1n) is 3.23. The van der Waals surface area contributed by atoms with Gasteiger partial charge in [-0.25, -0.2) is 0 Å². The van der Waals surface area contributed by atoms with Crippen molar-refractivity contribution in [1.82, 2.24) is 0 Å². The molecular weight excluding hydrogens is 307 g/mol. The van der Waals surface area contributed by atoms with Gasteiger partial charge < -0.3 is 0 Å². The number of hydrogen-bond acceptors (Lipinski definition) is 1. The van der Waals surface area contributed by atoms with Crippen LogP contribution in [-0.4, -0.2) is 15.3 Å². The molecular formula is C6H5ClF3IO. The van der Waals surface area contributed by atoms with E-state index >= 15 is 0 Å². The lowest BCUT2D eigenvalue weighted by atomic mass is 9.69. The van der Waals surface area contributed by atoms with Gasteiger partial charge in [0.25, 0.3) is 0 Å². The van der Waals surface area contributed by atoms with Gasteiger partial charge in [0.1, 0.15) is 0 Å². The van der Waals surface area contributed by atoms with Crippen LogP contribution in [0.5, 0.6) is 0 Å². The average Bonchev–Trinajstić information content (AvgIpc) is 1.80. The maximum absolute atomic E-state index is 12.3. The zero-order valence-electron chi connectivity index (χ0n) is 5.79. The summed E-state index contributed by atoms with van der Waals surface area (Å²) in [6, 6.07) is 0. The maximum atomic E-state index is 12.3. The van der Waals surface area contributed by atoms with E-state index in [0.717, 1.165) is 0 Å². The van der Waals surface area contributed by atoms with E-state index in [1.165, 1.54) is 0 Å². The fraction of sp³-hybridized carbons (Fsp3) is 0.833. The summed E-state index contributed by atoms with van der Waals surface area (Å²) in [5.41, 5.74) is -2.27. The van der Waals surface area contributed by atoms with E-state index in [-0.39, 0.29) is 6.42 Å². The van der Waals surface area contributed by atoms with Crippen molar-refractivity contribution in [3.8, 4) is 0 Å². The molecule has 1 rings (SSSR count). The second kappa shape index (κ2) is 3.01. The van der Waals surface area contributed by atoms with E-state index in [1.807, 2.05) is 0 Å². The number of halogens is 5. The summed E-state index contributed by atoms with van der Waals surface area (Å²) in [6.07, 6.45) is -4.28. The van der Waals surface area contributed by atoms with Crippen molar-refractivity contribution in [2.75, 3.05) is 0 Å². The van der Waals surface area contributed by atoms with Crippen LogP contribution in [0.15, 0.2) is 0 Å². The second-order valence-corrected chi connectivity index (χ2v) is 4.60. The summed E-state index contributed by atoms with van der Waals surface area (Å²) in [7, 11) is 0. The van der Waals surface area contributed by atoms with Crippen molar-refractivity contribution >= 4 is 39.4 Å². The number of hydrogen-bond donors (Lipinski definition) is 0. The molecule has 1 nitrogen and oxygen atoms in total. The molecule has 0 aliphatic heterocycles. The van der Waals surface area contributed by atoms with Crippen molar-refractivity contribution in [1.29, 1.82) is 0 Å². The molecule has 1 aliphatic rings. The Labute approximate surface area is 85.8 Å². The van der Waals surface area contributed by atoms with Gasteiger partial charge >= 0.3 is 6.18 Å². The lowest BCUT2D eigenvalue weighted by Gasteiger charge is -2.44. The highest BCUT2D eigenvalue weighted by Gasteiger charge is 2.67. The number of rotatable bonds is 1. The zero-order chi connectivity index (χ0) is 9.57. The fourth-order valence-electron chi connectivity index (χ4n) is 1.19. The second-order valence-electron chi connectivity index (χ2n) is 2.75. The maximum Gasteiger partial charge on any atom is 0.403 e. The molecule has 1 fully saturated rings. The fourth-order valence-corrected chi connectivity index (χ4v) is 2.97. The molecule has 0 amide bonds. The van der Waals surface area contributed by atoms with Gasteiger partial charge in [-0.3, -0.25) is 4.79 Å². The first-order chi connectivity index (χ1) is 5.32. The Morgan fingerprint density at radius 3 is 2.08 bits per heavy atom. The summed E-state index contributed by atoms with van der Waals surface area (Å²) in [4.78, 5) is 10.6. The highest BCUT2D eigenvalue weighted by molar-refractivity contribution is 14.1. The monoisotopic (exact) mass is 312 g/mol. The number of carbonyl (C=O) groups is 1. The Morgan fingerprint density at radius 2 is 2.08 bits per heavy atom. The average molecular weight is 312 g/mol. The van der Waals surface area contributed by atoms with Crippen molar-refractivity contribution in [2.24, 2.45) is 5.41 Å². The Morgan fingerprint density at radius 1 is 1.58 bits per heavy atom. The Kier molecular flexibility index (Phi) is 2.65. The van der Waals surface area contributed by atoms with Gasteiger partial charge in [-0.1, -0.05) is 22.6 Å². The van der Waals surface area contributed by atoms with Crippen LogP contribution in [-0.2, 0) is 4.79 Å². The van der Waals surface area contributed by atoms with E-state index in [0.29, 0.717) is 6.42 Å². The molecule has 0 aromatic carbocycles. The smallest absolute Gasteiger partial charge is 0.280 e. The van der Waals surface area contributed by atoms with Crippen molar-refractivity contribution in [3.05, 3.63) is 0 Å². The standard InChI is InChI=1S/C6H5ClF3IO/c7-4(12)5(6(8,9)10)2-1-3(5)11/h3H,1-2H2. The summed E-state index contributed by atoms with van der Waals surface area (Å²) in [6.45, 7) is 0. The predicted molar refractivity (Wildman–Crippen MR) is 46.4 cm³/mol. The summed E-state index contributed by atoms with van der Waals surface area (Å²) < 4.78 is 36.3. The van der Waals surface area contributed by atoms with Gasteiger partial charge in [0, 0.05) is 3.92 Å². The molecule has 0 saturated heterocycles. The SMILES string of the molecule is O=C(Cl)C1(C(F)(F)F)CCC1I. The highest BCUT2D eigenvalue weighted by Crippen LogP contribution is 2.57. The molecule has 0 N–H and O–H groups in total.